The molecule has 3 nitrogen and oxygen atoms in total. The minimum atomic E-state index is -0.815. The number of rotatable bonds is 7. The lowest BCUT2D eigenvalue weighted by molar-refractivity contribution is -0.138. The van der Waals surface area contributed by atoms with Crippen molar-refractivity contribution in [3.63, 3.8) is 0 Å². The zero-order valence-electron chi connectivity index (χ0n) is 11.0. The molecule has 2 aromatic rings. The lowest BCUT2D eigenvalue weighted by Gasteiger charge is -2.14. The number of hydrogen-bond acceptors (Lipinski definition) is 3. The fourth-order valence-electron chi connectivity index (χ4n) is 1.75. The van der Waals surface area contributed by atoms with E-state index in [0.717, 1.165) is 10.5 Å². The maximum atomic E-state index is 11.3. The van der Waals surface area contributed by atoms with Crippen molar-refractivity contribution in [2.45, 2.75) is 17.5 Å². The van der Waals surface area contributed by atoms with Gasteiger partial charge in [0.15, 0.2) is 0 Å². The highest BCUT2D eigenvalue weighted by molar-refractivity contribution is 7.99. The van der Waals surface area contributed by atoms with Gasteiger partial charge in [-0.1, -0.05) is 48.5 Å². The summed E-state index contributed by atoms with van der Waals surface area (Å²) < 4.78 is 0. The molecular formula is C16H17NO2S. The zero-order chi connectivity index (χ0) is 14.2. The number of benzene rings is 2. The smallest absolute Gasteiger partial charge is 0.321 e. The van der Waals surface area contributed by atoms with Gasteiger partial charge in [0.1, 0.15) is 6.04 Å². The molecule has 0 amide bonds. The van der Waals surface area contributed by atoms with Gasteiger partial charge in [0, 0.05) is 17.2 Å². The Morgan fingerprint density at radius 3 is 2.25 bits per heavy atom. The molecule has 2 aromatic carbocycles. The molecule has 104 valence electrons. The Morgan fingerprint density at radius 1 is 1.05 bits per heavy atom. The fraction of sp³-hybridized carbons (Fsp3) is 0.188. The summed E-state index contributed by atoms with van der Waals surface area (Å²) in [5, 5.41) is 12.3. The Labute approximate surface area is 123 Å². The Kier molecular flexibility index (Phi) is 5.65. The first-order chi connectivity index (χ1) is 9.75. The Bertz CT molecular complexity index is 487. The number of hydrogen-bond donors (Lipinski definition) is 2. The van der Waals surface area contributed by atoms with Gasteiger partial charge in [0.2, 0.25) is 0 Å². The van der Waals surface area contributed by atoms with Gasteiger partial charge in [0.25, 0.3) is 0 Å². The summed E-state index contributed by atoms with van der Waals surface area (Å²) in [5.41, 5.74) is 1.09. The number of carboxylic acid groups (broad SMARTS) is 1. The van der Waals surface area contributed by atoms with Crippen molar-refractivity contribution in [1.29, 1.82) is 0 Å². The van der Waals surface area contributed by atoms with Crippen molar-refractivity contribution >= 4 is 17.7 Å². The average Bonchev–Trinajstić information content (AvgIpc) is 2.49. The molecule has 0 aliphatic heterocycles. The van der Waals surface area contributed by atoms with Gasteiger partial charge >= 0.3 is 5.97 Å². The average molecular weight is 287 g/mol. The highest BCUT2D eigenvalue weighted by Gasteiger charge is 2.16. The third kappa shape index (κ3) is 4.72. The number of carbonyl (C=O) groups is 1. The van der Waals surface area contributed by atoms with Crippen molar-refractivity contribution in [3.8, 4) is 0 Å². The lowest BCUT2D eigenvalue weighted by Crippen LogP contribution is -2.38. The molecule has 0 aromatic heterocycles. The van der Waals surface area contributed by atoms with Crippen LogP contribution in [-0.2, 0) is 11.3 Å². The predicted molar refractivity (Wildman–Crippen MR) is 81.9 cm³/mol. The molecule has 0 aliphatic carbocycles. The summed E-state index contributed by atoms with van der Waals surface area (Å²) in [5.74, 6) is -0.309. The Balaban J connectivity index is 1.86. The van der Waals surface area contributed by atoms with Crippen molar-refractivity contribution in [2.75, 3.05) is 5.75 Å². The quantitative estimate of drug-likeness (QED) is 0.769. The van der Waals surface area contributed by atoms with E-state index in [1.807, 2.05) is 60.7 Å². The third-order valence-electron chi connectivity index (χ3n) is 2.85. The maximum Gasteiger partial charge on any atom is 0.321 e. The van der Waals surface area contributed by atoms with Crippen LogP contribution in [0.15, 0.2) is 65.6 Å². The van der Waals surface area contributed by atoms with Gasteiger partial charge in [-0.25, -0.2) is 0 Å². The molecule has 2 N–H and O–H groups in total. The van der Waals surface area contributed by atoms with E-state index in [2.05, 4.69) is 5.32 Å². The van der Waals surface area contributed by atoms with Crippen LogP contribution in [0.3, 0.4) is 0 Å². The van der Waals surface area contributed by atoms with Crippen molar-refractivity contribution in [1.82, 2.24) is 5.32 Å². The molecule has 0 heterocycles. The maximum absolute atomic E-state index is 11.3. The third-order valence-corrected chi connectivity index (χ3v) is 3.96. The molecule has 0 saturated heterocycles. The molecule has 0 unspecified atom stereocenters. The molecule has 4 heteroatoms. The summed E-state index contributed by atoms with van der Waals surface area (Å²) in [6.07, 6.45) is 0. The highest BCUT2D eigenvalue weighted by atomic mass is 32.2. The first-order valence-corrected chi connectivity index (χ1v) is 7.42. The van der Waals surface area contributed by atoms with Crippen LogP contribution in [-0.4, -0.2) is 22.9 Å². The lowest BCUT2D eigenvalue weighted by atomic mass is 10.2. The van der Waals surface area contributed by atoms with E-state index in [1.54, 1.807) is 11.8 Å². The van der Waals surface area contributed by atoms with Gasteiger partial charge in [0.05, 0.1) is 0 Å². The Morgan fingerprint density at radius 2 is 1.65 bits per heavy atom. The van der Waals surface area contributed by atoms with E-state index < -0.39 is 12.0 Å². The summed E-state index contributed by atoms with van der Waals surface area (Å²) in [6.45, 7) is 0.563. The molecule has 0 aliphatic rings. The van der Waals surface area contributed by atoms with Crippen LogP contribution >= 0.6 is 11.8 Å². The second kappa shape index (κ2) is 7.72. The zero-order valence-corrected chi connectivity index (χ0v) is 11.8. The molecule has 0 bridgehead atoms. The first kappa shape index (κ1) is 14.6. The van der Waals surface area contributed by atoms with E-state index in [4.69, 9.17) is 0 Å². The van der Waals surface area contributed by atoms with Crippen molar-refractivity contribution < 1.29 is 9.90 Å². The minimum Gasteiger partial charge on any atom is -0.480 e. The van der Waals surface area contributed by atoms with Gasteiger partial charge in [-0.15, -0.1) is 11.8 Å². The van der Waals surface area contributed by atoms with Crippen LogP contribution in [0.2, 0.25) is 0 Å². The molecule has 0 fully saturated rings. The standard InChI is InChI=1S/C16H17NO2S/c18-16(19)15(12-20-14-9-5-2-6-10-14)17-11-13-7-3-1-4-8-13/h1-10,15,17H,11-12H2,(H,18,19)/t15-/m0/s1. The number of thioether (sulfide) groups is 1. The number of aliphatic carboxylic acids is 1. The van der Waals surface area contributed by atoms with Crippen molar-refractivity contribution in [3.05, 3.63) is 66.2 Å². The van der Waals surface area contributed by atoms with Crippen LogP contribution < -0.4 is 5.32 Å². The summed E-state index contributed by atoms with van der Waals surface area (Å²) >= 11 is 1.55. The predicted octanol–water partition coefficient (Wildman–Crippen LogP) is 3.02. The molecule has 2 rings (SSSR count). The normalized spacial score (nSPS) is 12.0. The van der Waals surface area contributed by atoms with Gasteiger partial charge < -0.3 is 5.11 Å². The number of carboxylic acids is 1. The molecule has 0 radical (unpaired) electrons. The second-order valence-electron chi connectivity index (χ2n) is 4.38. The number of nitrogens with one attached hydrogen (secondary N) is 1. The van der Waals surface area contributed by atoms with Gasteiger partial charge in [-0.05, 0) is 17.7 Å². The molecule has 0 spiro atoms. The van der Waals surface area contributed by atoms with E-state index >= 15 is 0 Å². The van der Waals surface area contributed by atoms with E-state index in [9.17, 15) is 9.90 Å². The van der Waals surface area contributed by atoms with E-state index in [-0.39, 0.29) is 0 Å². The Hall–Kier alpha value is -1.78. The first-order valence-electron chi connectivity index (χ1n) is 6.43. The van der Waals surface area contributed by atoms with Crippen LogP contribution in [0.4, 0.5) is 0 Å². The molecule has 20 heavy (non-hydrogen) atoms. The van der Waals surface area contributed by atoms with Gasteiger partial charge in [-0.3, -0.25) is 10.1 Å². The topological polar surface area (TPSA) is 49.3 Å². The fourth-order valence-corrected chi connectivity index (χ4v) is 2.72. The van der Waals surface area contributed by atoms with Crippen LogP contribution in [0.1, 0.15) is 5.56 Å². The van der Waals surface area contributed by atoms with Crippen LogP contribution in [0.25, 0.3) is 0 Å². The summed E-state index contributed by atoms with van der Waals surface area (Å²) in [4.78, 5) is 12.3. The largest absolute Gasteiger partial charge is 0.480 e. The van der Waals surface area contributed by atoms with E-state index in [1.165, 1.54) is 0 Å². The minimum absolute atomic E-state index is 0.506. The highest BCUT2D eigenvalue weighted by Crippen LogP contribution is 2.18. The SMILES string of the molecule is O=C(O)[C@H](CSc1ccccc1)NCc1ccccc1. The summed E-state index contributed by atoms with van der Waals surface area (Å²) in [6, 6.07) is 19.1. The van der Waals surface area contributed by atoms with Crippen LogP contribution in [0, 0.1) is 0 Å². The molecule has 0 saturated carbocycles. The summed E-state index contributed by atoms with van der Waals surface area (Å²) in [7, 11) is 0. The van der Waals surface area contributed by atoms with Crippen LogP contribution in [0.5, 0.6) is 0 Å². The van der Waals surface area contributed by atoms with Gasteiger partial charge in [-0.2, -0.15) is 0 Å². The molecular weight excluding hydrogens is 270 g/mol. The monoisotopic (exact) mass is 287 g/mol. The van der Waals surface area contributed by atoms with Crippen molar-refractivity contribution in [2.24, 2.45) is 0 Å². The second-order valence-corrected chi connectivity index (χ2v) is 5.47. The molecule has 1 atom stereocenters. The van der Waals surface area contributed by atoms with E-state index in [0.29, 0.717) is 12.3 Å².